The summed E-state index contributed by atoms with van der Waals surface area (Å²) < 4.78 is 5.35. The second-order valence-corrected chi connectivity index (χ2v) is 4.46. The molecule has 2 rings (SSSR count). The van der Waals surface area contributed by atoms with Crippen molar-refractivity contribution in [2.24, 2.45) is 0 Å². The highest BCUT2D eigenvalue weighted by Crippen LogP contribution is 2.26. The van der Waals surface area contributed by atoms with Crippen molar-refractivity contribution in [1.82, 2.24) is 0 Å². The van der Waals surface area contributed by atoms with Gasteiger partial charge in [0.05, 0.1) is 19.4 Å². The Kier molecular flexibility index (Phi) is 4.28. The van der Waals surface area contributed by atoms with Crippen LogP contribution in [0.2, 0.25) is 5.02 Å². The van der Waals surface area contributed by atoms with E-state index in [1.165, 1.54) is 0 Å². The van der Waals surface area contributed by atoms with Crippen LogP contribution < -0.4 is 4.90 Å². The molecule has 0 aliphatic carbocycles. The molecule has 4 heteroatoms. The summed E-state index contributed by atoms with van der Waals surface area (Å²) in [5.41, 5.74) is 1.82. The molecule has 0 unspecified atom stereocenters. The summed E-state index contributed by atoms with van der Waals surface area (Å²) >= 11 is 6.02. The monoisotopic (exact) mass is 265 g/mol. The zero-order chi connectivity index (χ0) is 13.0. The highest BCUT2D eigenvalue weighted by atomic mass is 35.5. The summed E-state index contributed by atoms with van der Waals surface area (Å²) in [5.74, 6) is 0.890. The van der Waals surface area contributed by atoms with Crippen LogP contribution in [0.1, 0.15) is 18.2 Å². The van der Waals surface area contributed by atoms with Gasteiger partial charge >= 0.3 is 0 Å². The van der Waals surface area contributed by atoms with Gasteiger partial charge in [0.2, 0.25) is 0 Å². The van der Waals surface area contributed by atoms with Gasteiger partial charge in [-0.25, -0.2) is 0 Å². The Balaban J connectivity index is 2.28. The molecule has 0 aliphatic rings. The van der Waals surface area contributed by atoms with Crippen molar-refractivity contribution < 1.29 is 9.52 Å². The van der Waals surface area contributed by atoms with E-state index in [2.05, 4.69) is 11.8 Å². The highest BCUT2D eigenvalue weighted by Gasteiger charge is 2.11. The predicted molar refractivity (Wildman–Crippen MR) is 72.8 cm³/mol. The van der Waals surface area contributed by atoms with Gasteiger partial charge in [-0.05, 0) is 31.2 Å². The molecule has 0 bridgehead atoms. The summed E-state index contributed by atoms with van der Waals surface area (Å²) in [7, 11) is 0. The van der Waals surface area contributed by atoms with E-state index >= 15 is 0 Å². The SMILES string of the molecule is CCN(Cc1ccco1)c1cc(Cl)ccc1CO. The first-order chi connectivity index (χ1) is 8.74. The van der Waals surface area contributed by atoms with Gasteiger partial charge in [0.15, 0.2) is 0 Å². The second-order valence-electron chi connectivity index (χ2n) is 4.02. The third-order valence-corrected chi connectivity index (χ3v) is 3.10. The molecule has 0 fully saturated rings. The van der Waals surface area contributed by atoms with Crippen molar-refractivity contribution in [3.63, 3.8) is 0 Å². The number of aliphatic hydroxyl groups is 1. The first-order valence-electron chi connectivity index (χ1n) is 5.91. The van der Waals surface area contributed by atoms with E-state index < -0.39 is 0 Å². The molecule has 1 aromatic carbocycles. The molecule has 18 heavy (non-hydrogen) atoms. The van der Waals surface area contributed by atoms with Gasteiger partial charge in [-0.1, -0.05) is 17.7 Å². The van der Waals surface area contributed by atoms with E-state index in [-0.39, 0.29) is 6.61 Å². The summed E-state index contributed by atoms with van der Waals surface area (Å²) in [6.45, 7) is 3.54. The van der Waals surface area contributed by atoms with Crippen LogP contribution in [-0.2, 0) is 13.2 Å². The van der Waals surface area contributed by atoms with Crippen LogP contribution in [0.3, 0.4) is 0 Å². The third kappa shape index (κ3) is 2.86. The molecule has 0 radical (unpaired) electrons. The Bertz CT molecular complexity index is 497. The van der Waals surface area contributed by atoms with Crippen LogP contribution in [-0.4, -0.2) is 11.7 Å². The molecule has 0 atom stereocenters. The van der Waals surface area contributed by atoms with Gasteiger partial charge < -0.3 is 14.4 Å². The maximum atomic E-state index is 9.39. The second kappa shape index (κ2) is 5.94. The molecule has 0 saturated carbocycles. The molecule has 0 spiro atoms. The minimum Gasteiger partial charge on any atom is -0.467 e. The summed E-state index contributed by atoms with van der Waals surface area (Å²) in [4.78, 5) is 2.12. The fraction of sp³-hybridized carbons (Fsp3) is 0.286. The Morgan fingerprint density at radius 2 is 2.17 bits per heavy atom. The van der Waals surface area contributed by atoms with Gasteiger partial charge in [-0.2, -0.15) is 0 Å². The molecule has 3 nitrogen and oxygen atoms in total. The zero-order valence-corrected chi connectivity index (χ0v) is 11.0. The molecular formula is C14H16ClNO2. The number of anilines is 1. The van der Waals surface area contributed by atoms with Crippen molar-refractivity contribution in [3.8, 4) is 0 Å². The van der Waals surface area contributed by atoms with Crippen LogP contribution in [0.4, 0.5) is 5.69 Å². The number of hydrogen-bond donors (Lipinski definition) is 1. The first-order valence-corrected chi connectivity index (χ1v) is 6.29. The number of rotatable bonds is 5. The standard InChI is InChI=1S/C14H16ClNO2/c1-2-16(9-13-4-3-7-18-13)14-8-12(15)6-5-11(14)10-17/h3-8,17H,2,9-10H2,1H3. The third-order valence-electron chi connectivity index (χ3n) is 2.87. The van der Waals surface area contributed by atoms with Crippen LogP contribution in [0.25, 0.3) is 0 Å². The number of aliphatic hydroxyl groups excluding tert-OH is 1. The van der Waals surface area contributed by atoms with Crippen LogP contribution in [0.5, 0.6) is 0 Å². The summed E-state index contributed by atoms with van der Waals surface area (Å²) in [5, 5.41) is 10.1. The molecule has 1 N–H and O–H groups in total. The normalized spacial score (nSPS) is 10.6. The molecule has 0 saturated heterocycles. The molecule has 96 valence electrons. The van der Waals surface area contributed by atoms with Crippen molar-refractivity contribution in [2.75, 3.05) is 11.4 Å². The lowest BCUT2D eigenvalue weighted by Gasteiger charge is -2.24. The lowest BCUT2D eigenvalue weighted by atomic mass is 10.1. The Labute approximate surface area is 112 Å². The van der Waals surface area contributed by atoms with Crippen molar-refractivity contribution in [1.29, 1.82) is 0 Å². The van der Waals surface area contributed by atoms with E-state index in [0.29, 0.717) is 11.6 Å². The van der Waals surface area contributed by atoms with E-state index in [4.69, 9.17) is 16.0 Å². The first kappa shape index (κ1) is 13.0. The maximum absolute atomic E-state index is 9.39. The Morgan fingerprint density at radius 3 is 2.78 bits per heavy atom. The molecule has 1 heterocycles. The topological polar surface area (TPSA) is 36.6 Å². The zero-order valence-electron chi connectivity index (χ0n) is 10.3. The van der Waals surface area contributed by atoms with E-state index in [9.17, 15) is 5.11 Å². The summed E-state index contributed by atoms with van der Waals surface area (Å²) in [6, 6.07) is 9.32. The lowest BCUT2D eigenvalue weighted by molar-refractivity contribution is 0.282. The Hall–Kier alpha value is -1.45. The van der Waals surface area contributed by atoms with Crippen LogP contribution in [0.15, 0.2) is 41.0 Å². The van der Waals surface area contributed by atoms with E-state index in [0.717, 1.165) is 23.6 Å². The number of halogens is 1. The fourth-order valence-corrected chi connectivity index (χ4v) is 2.09. The molecule has 1 aromatic heterocycles. The minimum atomic E-state index is 0.00115. The van der Waals surface area contributed by atoms with Crippen molar-refractivity contribution >= 4 is 17.3 Å². The molecule has 0 amide bonds. The largest absolute Gasteiger partial charge is 0.467 e. The van der Waals surface area contributed by atoms with Gasteiger partial charge in [0, 0.05) is 22.8 Å². The average Bonchev–Trinajstić information content (AvgIpc) is 2.88. The van der Waals surface area contributed by atoms with E-state index in [1.54, 1.807) is 12.3 Å². The fourth-order valence-electron chi connectivity index (χ4n) is 1.92. The number of hydrogen-bond acceptors (Lipinski definition) is 3. The smallest absolute Gasteiger partial charge is 0.123 e. The highest BCUT2D eigenvalue weighted by molar-refractivity contribution is 6.30. The lowest BCUT2D eigenvalue weighted by Crippen LogP contribution is -2.23. The number of nitrogens with zero attached hydrogens (tertiary/aromatic N) is 1. The Morgan fingerprint density at radius 1 is 1.33 bits per heavy atom. The maximum Gasteiger partial charge on any atom is 0.123 e. The predicted octanol–water partition coefficient (Wildman–Crippen LogP) is 3.45. The van der Waals surface area contributed by atoms with Crippen molar-refractivity contribution in [3.05, 3.63) is 52.9 Å². The van der Waals surface area contributed by atoms with Gasteiger partial charge in [0.25, 0.3) is 0 Å². The molecule has 2 aromatic rings. The van der Waals surface area contributed by atoms with Crippen LogP contribution >= 0.6 is 11.6 Å². The quantitative estimate of drug-likeness (QED) is 0.900. The van der Waals surface area contributed by atoms with Crippen molar-refractivity contribution in [2.45, 2.75) is 20.1 Å². The van der Waals surface area contributed by atoms with Gasteiger partial charge in [0.1, 0.15) is 5.76 Å². The average molecular weight is 266 g/mol. The van der Waals surface area contributed by atoms with E-state index in [1.807, 2.05) is 24.3 Å². The number of benzene rings is 1. The van der Waals surface area contributed by atoms with Gasteiger partial charge in [-0.3, -0.25) is 0 Å². The number of furan rings is 1. The molecular weight excluding hydrogens is 250 g/mol. The molecule has 0 aliphatic heterocycles. The minimum absolute atomic E-state index is 0.00115. The van der Waals surface area contributed by atoms with Gasteiger partial charge in [-0.15, -0.1) is 0 Å². The van der Waals surface area contributed by atoms with Crippen LogP contribution in [0, 0.1) is 0 Å². The summed E-state index contributed by atoms with van der Waals surface area (Å²) in [6.07, 6.45) is 1.66.